The first-order valence-electron chi connectivity index (χ1n) is 3.86. The highest BCUT2D eigenvalue weighted by molar-refractivity contribution is 5.78. The summed E-state index contributed by atoms with van der Waals surface area (Å²) in [5.41, 5.74) is 1.82. The van der Waals surface area contributed by atoms with Gasteiger partial charge in [-0.3, -0.25) is 4.68 Å². The van der Waals surface area contributed by atoms with Crippen LogP contribution in [0.3, 0.4) is 0 Å². The zero-order valence-electron chi connectivity index (χ0n) is 7.52. The molecule has 4 nitrogen and oxygen atoms in total. The second-order valence-electron chi connectivity index (χ2n) is 3.04. The molecule has 4 heteroatoms. The van der Waals surface area contributed by atoms with Crippen LogP contribution in [-0.4, -0.2) is 21.2 Å². The predicted octanol–water partition coefficient (Wildman–Crippen LogP) is 1.35. The normalized spacial score (nSPS) is 11.7. The van der Waals surface area contributed by atoms with Gasteiger partial charge in [-0.2, -0.15) is 5.10 Å². The zero-order chi connectivity index (χ0) is 9.14. The Morgan fingerprint density at radius 3 is 2.83 bits per heavy atom. The number of aryl methyl sites for hydroxylation is 1. The lowest BCUT2D eigenvalue weighted by atomic mass is 10.1. The molecule has 1 aromatic rings. The van der Waals surface area contributed by atoms with Crippen LogP contribution in [0.1, 0.15) is 31.0 Å². The van der Waals surface area contributed by atoms with E-state index in [0.717, 1.165) is 11.3 Å². The molecule has 1 rings (SSSR count). The van der Waals surface area contributed by atoms with Crippen molar-refractivity contribution in [2.45, 2.75) is 19.8 Å². The van der Waals surface area contributed by atoms with Crippen LogP contribution in [0.25, 0.3) is 0 Å². The number of oxime groups is 1. The summed E-state index contributed by atoms with van der Waals surface area (Å²) in [5.74, 6) is 0.395. The van der Waals surface area contributed by atoms with Crippen molar-refractivity contribution >= 4 is 6.21 Å². The molecule has 0 unspecified atom stereocenters. The van der Waals surface area contributed by atoms with Crippen molar-refractivity contribution in [3.63, 3.8) is 0 Å². The van der Waals surface area contributed by atoms with Gasteiger partial charge in [0, 0.05) is 18.8 Å². The number of hydrogen-bond donors (Lipinski definition) is 1. The van der Waals surface area contributed by atoms with Gasteiger partial charge >= 0.3 is 0 Å². The average Bonchev–Trinajstić information content (AvgIpc) is 2.32. The highest BCUT2D eigenvalue weighted by Gasteiger charge is 2.08. The Hall–Kier alpha value is -1.32. The summed E-state index contributed by atoms with van der Waals surface area (Å²) in [6.45, 7) is 4.15. The molecule has 66 valence electrons. The van der Waals surface area contributed by atoms with Gasteiger partial charge in [0.25, 0.3) is 0 Å². The van der Waals surface area contributed by atoms with Gasteiger partial charge in [0.1, 0.15) is 5.69 Å². The molecular weight excluding hydrogens is 154 g/mol. The molecule has 0 saturated carbocycles. The minimum absolute atomic E-state index is 0.395. The van der Waals surface area contributed by atoms with E-state index in [0.29, 0.717) is 5.92 Å². The van der Waals surface area contributed by atoms with Crippen molar-refractivity contribution in [3.8, 4) is 0 Å². The Morgan fingerprint density at radius 1 is 1.67 bits per heavy atom. The fourth-order valence-electron chi connectivity index (χ4n) is 1.12. The molecule has 0 atom stereocenters. The van der Waals surface area contributed by atoms with Gasteiger partial charge in [-0.1, -0.05) is 19.0 Å². The maximum Gasteiger partial charge on any atom is 0.110 e. The molecule has 12 heavy (non-hydrogen) atoms. The molecule has 0 saturated heterocycles. The summed E-state index contributed by atoms with van der Waals surface area (Å²) in [6, 6.07) is 0. The predicted molar refractivity (Wildman–Crippen MR) is 46.7 cm³/mol. The molecule has 0 aromatic carbocycles. The van der Waals surface area contributed by atoms with Gasteiger partial charge < -0.3 is 5.21 Å². The zero-order valence-corrected chi connectivity index (χ0v) is 7.52. The maximum absolute atomic E-state index is 8.36. The van der Waals surface area contributed by atoms with E-state index in [-0.39, 0.29) is 0 Å². The lowest BCUT2D eigenvalue weighted by Gasteiger charge is -1.99. The summed E-state index contributed by atoms with van der Waals surface area (Å²) in [6.07, 6.45) is 3.29. The van der Waals surface area contributed by atoms with Crippen molar-refractivity contribution in [2.75, 3.05) is 0 Å². The molecule has 0 spiro atoms. The molecule has 0 amide bonds. The van der Waals surface area contributed by atoms with E-state index in [1.165, 1.54) is 6.21 Å². The topological polar surface area (TPSA) is 50.4 Å². The number of aromatic nitrogens is 2. The second-order valence-corrected chi connectivity index (χ2v) is 3.04. The van der Waals surface area contributed by atoms with Gasteiger partial charge in [0.05, 0.1) is 6.21 Å². The van der Waals surface area contributed by atoms with Crippen LogP contribution in [0.4, 0.5) is 0 Å². The van der Waals surface area contributed by atoms with Gasteiger partial charge in [-0.25, -0.2) is 0 Å². The second kappa shape index (κ2) is 3.38. The van der Waals surface area contributed by atoms with Crippen molar-refractivity contribution in [2.24, 2.45) is 12.2 Å². The standard InChI is InChI=1S/C8H13N3O/c1-6(2)7-5-11(3)10-8(7)4-9-12/h4-6,12H,1-3H3/b9-4+. The molecule has 1 N–H and O–H groups in total. The Bertz CT molecular complexity index is 288. The minimum Gasteiger partial charge on any atom is -0.411 e. The van der Waals surface area contributed by atoms with Crippen LogP contribution in [0.2, 0.25) is 0 Å². The highest BCUT2D eigenvalue weighted by atomic mass is 16.4. The van der Waals surface area contributed by atoms with Gasteiger partial charge in [-0.05, 0) is 5.92 Å². The van der Waals surface area contributed by atoms with Crippen LogP contribution in [0, 0.1) is 0 Å². The Balaban J connectivity index is 3.08. The molecule has 0 aliphatic heterocycles. The average molecular weight is 167 g/mol. The van der Waals surface area contributed by atoms with Crippen molar-refractivity contribution in [1.82, 2.24) is 9.78 Å². The molecule has 1 aromatic heterocycles. The van der Waals surface area contributed by atoms with E-state index in [1.807, 2.05) is 13.2 Å². The third-order valence-corrected chi connectivity index (χ3v) is 1.69. The largest absolute Gasteiger partial charge is 0.411 e. The Labute approximate surface area is 71.5 Å². The smallest absolute Gasteiger partial charge is 0.110 e. The molecule has 0 aliphatic carbocycles. The summed E-state index contributed by atoms with van der Waals surface area (Å²) in [4.78, 5) is 0. The van der Waals surface area contributed by atoms with E-state index in [4.69, 9.17) is 5.21 Å². The van der Waals surface area contributed by atoms with E-state index >= 15 is 0 Å². The van der Waals surface area contributed by atoms with Crippen molar-refractivity contribution < 1.29 is 5.21 Å². The number of nitrogens with zero attached hydrogens (tertiary/aromatic N) is 3. The first kappa shape index (κ1) is 8.77. The summed E-state index contributed by atoms with van der Waals surface area (Å²) in [7, 11) is 1.85. The Kier molecular flexibility index (Phi) is 2.47. The quantitative estimate of drug-likeness (QED) is 0.410. The van der Waals surface area contributed by atoms with E-state index in [9.17, 15) is 0 Å². The van der Waals surface area contributed by atoms with Crippen LogP contribution >= 0.6 is 0 Å². The van der Waals surface area contributed by atoms with Gasteiger partial charge in [0.2, 0.25) is 0 Å². The number of hydrogen-bond acceptors (Lipinski definition) is 3. The molecule has 0 bridgehead atoms. The summed E-state index contributed by atoms with van der Waals surface area (Å²) in [5, 5.41) is 15.4. The molecule has 1 heterocycles. The molecular formula is C8H13N3O. The lowest BCUT2D eigenvalue weighted by molar-refractivity contribution is 0.321. The van der Waals surface area contributed by atoms with Crippen molar-refractivity contribution in [3.05, 3.63) is 17.5 Å². The highest BCUT2D eigenvalue weighted by Crippen LogP contribution is 2.16. The summed E-state index contributed by atoms with van der Waals surface area (Å²) >= 11 is 0. The summed E-state index contributed by atoms with van der Waals surface area (Å²) < 4.78 is 1.71. The Morgan fingerprint density at radius 2 is 2.33 bits per heavy atom. The third kappa shape index (κ3) is 1.64. The van der Waals surface area contributed by atoms with Gasteiger partial charge in [0.15, 0.2) is 0 Å². The van der Waals surface area contributed by atoms with Crippen LogP contribution in [0.15, 0.2) is 11.4 Å². The fraction of sp³-hybridized carbons (Fsp3) is 0.500. The van der Waals surface area contributed by atoms with Gasteiger partial charge in [-0.15, -0.1) is 0 Å². The first-order valence-corrected chi connectivity index (χ1v) is 3.86. The molecule has 0 fully saturated rings. The molecule has 0 radical (unpaired) electrons. The van der Waals surface area contributed by atoms with E-state index in [1.54, 1.807) is 4.68 Å². The van der Waals surface area contributed by atoms with Crippen LogP contribution in [0.5, 0.6) is 0 Å². The van der Waals surface area contributed by atoms with Crippen LogP contribution in [-0.2, 0) is 7.05 Å². The fourth-order valence-corrected chi connectivity index (χ4v) is 1.12. The number of rotatable bonds is 2. The van der Waals surface area contributed by atoms with E-state index in [2.05, 4.69) is 24.1 Å². The minimum atomic E-state index is 0.395. The molecule has 0 aliphatic rings. The first-order chi connectivity index (χ1) is 5.65. The monoisotopic (exact) mass is 167 g/mol. The third-order valence-electron chi connectivity index (χ3n) is 1.69. The van der Waals surface area contributed by atoms with E-state index < -0.39 is 0 Å². The van der Waals surface area contributed by atoms with Crippen LogP contribution < -0.4 is 0 Å². The van der Waals surface area contributed by atoms with Crippen molar-refractivity contribution in [1.29, 1.82) is 0 Å². The maximum atomic E-state index is 8.36. The lowest BCUT2D eigenvalue weighted by Crippen LogP contribution is -1.92. The SMILES string of the molecule is CC(C)c1cn(C)nc1/C=N/O.